The van der Waals surface area contributed by atoms with Gasteiger partial charge in [0.05, 0.1) is 12.7 Å². The Morgan fingerprint density at radius 3 is 2.56 bits per heavy atom. The molecule has 0 radical (unpaired) electrons. The van der Waals surface area contributed by atoms with E-state index in [1.807, 2.05) is 6.08 Å². The van der Waals surface area contributed by atoms with Crippen LogP contribution in [0.2, 0.25) is 0 Å². The molecule has 3 nitrogen and oxygen atoms in total. The number of carbonyl (C=O) groups is 1. The number of halogens is 4. The molecule has 0 amide bonds. The summed E-state index contributed by atoms with van der Waals surface area (Å²) in [6.07, 6.45) is 1.30. The number of benzene rings is 1. The molecular weight excluding hydrogens is 401 g/mol. The predicted octanol–water partition coefficient (Wildman–Crippen LogP) is 5.52. The molecule has 0 aliphatic heterocycles. The van der Waals surface area contributed by atoms with Crippen LogP contribution < -0.4 is 4.74 Å². The van der Waals surface area contributed by atoms with Crippen molar-refractivity contribution >= 4 is 21.9 Å². The second kappa shape index (κ2) is 8.74. The van der Waals surface area contributed by atoms with Crippen LogP contribution in [0.3, 0.4) is 0 Å². The fourth-order valence-electron chi connectivity index (χ4n) is 2.86. The van der Waals surface area contributed by atoms with Crippen LogP contribution in [0.5, 0.6) is 5.75 Å². The highest BCUT2D eigenvalue weighted by Gasteiger charge is 2.37. The smallest absolute Gasteiger partial charge is 0.421 e. The van der Waals surface area contributed by atoms with Crippen LogP contribution in [0.4, 0.5) is 13.2 Å². The minimum Gasteiger partial charge on any atom is -0.490 e. The fraction of sp³-hybridized carbons (Fsp3) is 0.500. The fourth-order valence-corrected chi connectivity index (χ4v) is 3.43. The Morgan fingerprint density at radius 1 is 1.28 bits per heavy atom. The number of hydrogen-bond donors (Lipinski definition) is 0. The third kappa shape index (κ3) is 5.76. The van der Waals surface area contributed by atoms with Gasteiger partial charge in [-0.05, 0) is 50.7 Å². The molecule has 1 aliphatic rings. The van der Waals surface area contributed by atoms with Gasteiger partial charge in [0, 0.05) is 10.5 Å². The van der Waals surface area contributed by atoms with E-state index in [4.69, 9.17) is 9.47 Å². The second-order valence-corrected chi connectivity index (χ2v) is 6.73. The van der Waals surface area contributed by atoms with E-state index in [2.05, 4.69) is 15.9 Å². The molecule has 0 unspecified atom stereocenters. The summed E-state index contributed by atoms with van der Waals surface area (Å²) in [6, 6.07) is 4.23. The zero-order chi connectivity index (χ0) is 18.4. The lowest BCUT2D eigenvalue weighted by atomic mass is 9.87. The monoisotopic (exact) mass is 420 g/mol. The van der Waals surface area contributed by atoms with Crippen molar-refractivity contribution in [3.63, 3.8) is 0 Å². The quantitative estimate of drug-likeness (QED) is 0.464. The van der Waals surface area contributed by atoms with Crippen molar-refractivity contribution in [2.45, 2.75) is 44.9 Å². The normalized spacial score (nSPS) is 21.3. The van der Waals surface area contributed by atoms with Crippen LogP contribution in [0, 0.1) is 5.92 Å². The van der Waals surface area contributed by atoms with Gasteiger partial charge in [0.25, 0.3) is 0 Å². The molecule has 0 bridgehead atoms. The average molecular weight is 421 g/mol. The Balaban J connectivity index is 1.95. The molecule has 25 heavy (non-hydrogen) atoms. The van der Waals surface area contributed by atoms with Gasteiger partial charge in [-0.25, -0.2) is 4.79 Å². The van der Waals surface area contributed by atoms with Gasteiger partial charge in [-0.1, -0.05) is 28.1 Å². The van der Waals surface area contributed by atoms with Crippen LogP contribution in [0.25, 0.3) is 0 Å². The molecule has 0 heterocycles. The maximum Gasteiger partial charge on any atom is 0.421 e. The van der Waals surface area contributed by atoms with Gasteiger partial charge in [0.15, 0.2) is 0 Å². The first kappa shape index (κ1) is 19.8. The van der Waals surface area contributed by atoms with Gasteiger partial charge >= 0.3 is 12.1 Å². The van der Waals surface area contributed by atoms with E-state index in [0.717, 1.165) is 12.8 Å². The molecule has 0 spiro atoms. The molecule has 2 rings (SSSR count). The Hall–Kier alpha value is -1.50. The molecule has 7 heteroatoms. The number of alkyl halides is 3. The van der Waals surface area contributed by atoms with Gasteiger partial charge in [0.1, 0.15) is 11.3 Å². The highest BCUT2D eigenvalue weighted by atomic mass is 79.9. The van der Waals surface area contributed by atoms with Crippen LogP contribution in [0.1, 0.15) is 38.2 Å². The lowest BCUT2D eigenvalue weighted by Crippen LogP contribution is -2.25. The van der Waals surface area contributed by atoms with Crippen molar-refractivity contribution in [2.24, 2.45) is 5.92 Å². The number of allylic oxidation sites excluding steroid dienone is 1. The number of hydrogen-bond acceptors (Lipinski definition) is 3. The van der Waals surface area contributed by atoms with E-state index in [0.29, 0.717) is 19.4 Å². The predicted molar refractivity (Wildman–Crippen MR) is 91.3 cm³/mol. The largest absolute Gasteiger partial charge is 0.490 e. The average Bonchev–Trinajstić information content (AvgIpc) is 2.53. The number of esters is 1. The third-order valence-corrected chi connectivity index (χ3v) is 4.72. The summed E-state index contributed by atoms with van der Waals surface area (Å²) in [6.45, 7) is 2.07. The van der Waals surface area contributed by atoms with Crippen LogP contribution in [-0.2, 0) is 15.7 Å². The van der Waals surface area contributed by atoms with Gasteiger partial charge in [-0.15, -0.1) is 0 Å². The topological polar surface area (TPSA) is 35.5 Å². The molecule has 1 aromatic carbocycles. The van der Waals surface area contributed by atoms with E-state index in [1.165, 1.54) is 24.3 Å². The maximum absolute atomic E-state index is 13.2. The maximum atomic E-state index is 13.2. The lowest BCUT2D eigenvalue weighted by Gasteiger charge is -2.28. The summed E-state index contributed by atoms with van der Waals surface area (Å²) < 4.78 is 50.0. The molecule has 0 aromatic heterocycles. The van der Waals surface area contributed by atoms with E-state index in [-0.39, 0.29) is 28.2 Å². The first-order valence-corrected chi connectivity index (χ1v) is 8.98. The summed E-state index contributed by atoms with van der Waals surface area (Å²) in [5, 5.41) is 0. The first-order chi connectivity index (χ1) is 11.8. The van der Waals surface area contributed by atoms with Gasteiger partial charge < -0.3 is 9.47 Å². The molecule has 0 atom stereocenters. The number of carbonyl (C=O) groups excluding carboxylic acids is 1. The molecule has 1 saturated carbocycles. The Morgan fingerprint density at radius 2 is 1.96 bits per heavy atom. The van der Waals surface area contributed by atoms with Crippen LogP contribution in [-0.4, -0.2) is 18.7 Å². The summed E-state index contributed by atoms with van der Waals surface area (Å²) in [5.74, 6) is -0.300. The molecule has 0 N–H and O–H groups in total. The first-order valence-electron chi connectivity index (χ1n) is 8.18. The van der Waals surface area contributed by atoms with Crippen molar-refractivity contribution in [3.05, 3.63) is 40.4 Å². The zero-order valence-corrected chi connectivity index (χ0v) is 15.4. The zero-order valence-electron chi connectivity index (χ0n) is 13.8. The van der Waals surface area contributed by atoms with Crippen molar-refractivity contribution in [2.75, 3.05) is 6.61 Å². The Labute approximate surface area is 153 Å². The van der Waals surface area contributed by atoms with E-state index in [1.54, 1.807) is 6.92 Å². The molecule has 1 aliphatic carbocycles. The van der Waals surface area contributed by atoms with Gasteiger partial charge in [-0.3, -0.25) is 0 Å². The molecule has 1 fully saturated rings. The summed E-state index contributed by atoms with van der Waals surface area (Å²) in [5.41, 5.74) is -0.778. The van der Waals surface area contributed by atoms with E-state index < -0.39 is 11.7 Å². The summed E-state index contributed by atoms with van der Waals surface area (Å²) in [4.78, 5) is 11.3. The minimum absolute atomic E-state index is 0.0245. The van der Waals surface area contributed by atoms with E-state index in [9.17, 15) is 18.0 Å². The third-order valence-electron chi connectivity index (χ3n) is 4.06. The standard InChI is InChI=1S/C18H20BrF3O3/c1-2-24-16(23)11-8-12-6-9-13(10-7-12)25-15-5-3-4-14(19)17(15)18(20,21)22/h3-5,8,11-13H,2,6-7,9-10H2,1H3/b11-8+. The summed E-state index contributed by atoms with van der Waals surface area (Å²) in [7, 11) is 0. The van der Waals surface area contributed by atoms with Gasteiger partial charge in [-0.2, -0.15) is 13.2 Å². The number of rotatable bonds is 5. The van der Waals surface area contributed by atoms with Crippen molar-refractivity contribution in [1.82, 2.24) is 0 Å². The molecule has 1 aromatic rings. The summed E-state index contributed by atoms with van der Waals surface area (Å²) >= 11 is 2.95. The minimum atomic E-state index is -4.48. The molecule has 0 saturated heterocycles. The van der Waals surface area contributed by atoms with Crippen molar-refractivity contribution in [1.29, 1.82) is 0 Å². The van der Waals surface area contributed by atoms with Crippen molar-refractivity contribution < 1.29 is 27.4 Å². The number of ether oxygens (including phenoxy) is 2. The lowest BCUT2D eigenvalue weighted by molar-refractivity contribution is -0.140. The van der Waals surface area contributed by atoms with Crippen LogP contribution in [0.15, 0.2) is 34.8 Å². The van der Waals surface area contributed by atoms with Crippen molar-refractivity contribution in [3.8, 4) is 5.75 Å². The Kier molecular flexibility index (Phi) is 6.93. The van der Waals surface area contributed by atoms with Gasteiger partial charge in [0.2, 0.25) is 0 Å². The molecular formula is C18H20BrF3O3. The Bertz CT molecular complexity index is 620. The second-order valence-electron chi connectivity index (χ2n) is 5.88. The highest BCUT2D eigenvalue weighted by molar-refractivity contribution is 9.10. The highest BCUT2D eigenvalue weighted by Crippen LogP contribution is 2.42. The molecule has 138 valence electrons. The van der Waals surface area contributed by atoms with E-state index >= 15 is 0 Å². The van der Waals surface area contributed by atoms with Crippen LogP contribution >= 0.6 is 15.9 Å². The SMILES string of the molecule is CCOC(=O)/C=C/C1CCC(Oc2cccc(Br)c2C(F)(F)F)CC1.